The average Bonchev–Trinajstić information content (AvgIpc) is 3.56. The Morgan fingerprint density at radius 1 is 1.31 bits per heavy atom. The summed E-state index contributed by atoms with van der Waals surface area (Å²) in [6, 6.07) is 5.57. The molecule has 1 atom stereocenters. The molecular formula is C24H32N6O4S. The molecule has 2 aromatic heterocycles. The number of carbonyl (C=O) groups excluding carboxylic acids is 1. The van der Waals surface area contributed by atoms with Gasteiger partial charge in [0.25, 0.3) is 0 Å². The Bertz CT molecular complexity index is 1260. The van der Waals surface area contributed by atoms with Crippen LogP contribution in [0.2, 0.25) is 0 Å². The van der Waals surface area contributed by atoms with E-state index in [1.807, 2.05) is 43.5 Å². The number of nitrogens with zero attached hydrogens (tertiary/aromatic N) is 3. The number of nitrogens with one attached hydrogen (secondary N) is 3. The molecule has 1 amide bonds. The smallest absolute Gasteiger partial charge is 0.407 e. The molecular weight excluding hydrogens is 468 g/mol. The fourth-order valence-corrected chi connectivity index (χ4v) is 4.72. The van der Waals surface area contributed by atoms with E-state index in [2.05, 4.69) is 15.3 Å². The third-order valence-corrected chi connectivity index (χ3v) is 6.58. The summed E-state index contributed by atoms with van der Waals surface area (Å²) in [4.78, 5) is 25.4. The lowest BCUT2D eigenvalue weighted by molar-refractivity contribution is 0.0494. The van der Waals surface area contributed by atoms with E-state index >= 15 is 0 Å². The number of fused-ring (bicyclic) bond motifs is 1. The molecule has 1 unspecified atom stereocenters. The zero-order valence-corrected chi connectivity index (χ0v) is 21.5. The predicted octanol–water partition coefficient (Wildman–Crippen LogP) is 4.10. The third kappa shape index (κ3) is 6.27. The third-order valence-electron chi connectivity index (χ3n) is 5.65. The van der Waals surface area contributed by atoms with E-state index < -0.39 is 11.7 Å². The molecule has 0 aliphatic heterocycles. The van der Waals surface area contributed by atoms with Gasteiger partial charge in [0.05, 0.1) is 25.4 Å². The van der Waals surface area contributed by atoms with Gasteiger partial charge in [0.2, 0.25) is 0 Å². The molecule has 11 heteroatoms. The van der Waals surface area contributed by atoms with E-state index in [4.69, 9.17) is 24.6 Å². The summed E-state index contributed by atoms with van der Waals surface area (Å²) < 4.78 is 18.2. The highest BCUT2D eigenvalue weighted by Gasteiger charge is 2.33. The Kier molecular flexibility index (Phi) is 7.25. The lowest BCUT2D eigenvalue weighted by atomic mass is 10.1. The lowest BCUT2D eigenvalue weighted by Gasteiger charge is -2.24. The molecule has 188 valence electrons. The fraction of sp³-hybridized carbons (Fsp3) is 0.500. The lowest BCUT2D eigenvalue weighted by Crippen LogP contribution is -2.40. The summed E-state index contributed by atoms with van der Waals surface area (Å²) in [5.74, 6) is 1.87. The van der Waals surface area contributed by atoms with Gasteiger partial charge in [-0.25, -0.2) is 14.8 Å². The number of hydrogen-bond acceptors (Lipinski definition) is 8. The SMILES string of the molecule is COc1ccc(OC)c(Sc2nc3c([nH]2)c(=N)ncn3CCC(NC(=O)OC(C)(C)C)C2CC2)c1. The normalized spacial score (nSPS) is 14.5. The van der Waals surface area contributed by atoms with Crippen LogP contribution in [0.15, 0.2) is 34.6 Å². The number of aromatic amines is 1. The molecule has 1 fully saturated rings. The van der Waals surface area contributed by atoms with Crippen molar-refractivity contribution < 1.29 is 19.0 Å². The Morgan fingerprint density at radius 2 is 2.09 bits per heavy atom. The van der Waals surface area contributed by atoms with Crippen molar-refractivity contribution in [2.45, 2.75) is 68.3 Å². The van der Waals surface area contributed by atoms with Crippen LogP contribution < -0.4 is 20.3 Å². The number of aromatic nitrogens is 4. The summed E-state index contributed by atoms with van der Waals surface area (Å²) in [5.41, 5.74) is 0.779. The van der Waals surface area contributed by atoms with Gasteiger partial charge in [0.15, 0.2) is 16.3 Å². The minimum Gasteiger partial charge on any atom is -0.497 e. The Hall–Kier alpha value is -3.21. The molecule has 1 aromatic carbocycles. The minimum atomic E-state index is -0.540. The number of benzene rings is 1. The second kappa shape index (κ2) is 10.2. The molecule has 0 saturated heterocycles. The zero-order chi connectivity index (χ0) is 25.2. The first kappa shape index (κ1) is 24.9. The first-order valence-corrected chi connectivity index (χ1v) is 12.4. The number of hydrogen-bond donors (Lipinski definition) is 3. The maximum Gasteiger partial charge on any atom is 0.407 e. The number of carbonyl (C=O) groups is 1. The monoisotopic (exact) mass is 500 g/mol. The fourth-order valence-electron chi connectivity index (χ4n) is 3.80. The van der Waals surface area contributed by atoms with Crippen molar-refractivity contribution in [3.63, 3.8) is 0 Å². The number of alkyl carbamates (subject to hydrolysis) is 1. The van der Waals surface area contributed by atoms with Crippen LogP contribution in [0.4, 0.5) is 4.79 Å². The standard InChI is InChI=1S/C24H32N6O4S/c1-24(2,3)34-23(31)27-16(14-6-7-14)10-11-30-13-26-20(25)19-21(30)29-22(28-19)35-18-12-15(32-4)8-9-17(18)33-5/h8-9,12-14,16,25H,6-7,10-11H2,1-5H3,(H,27,31)(H,28,29). The van der Waals surface area contributed by atoms with Gasteiger partial charge in [-0.15, -0.1) is 0 Å². The molecule has 0 spiro atoms. The molecule has 4 rings (SSSR count). The van der Waals surface area contributed by atoms with Crippen LogP contribution in [-0.2, 0) is 11.3 Å². The number of ether oxygens (including phenoxy) is 3. The maximum atomic E-state index is 12.3. The highest BCUT2D eigenvalue weighted by molar-refractivity contribution is 7.99. The van der Waals surface area contributed by atoms with E-state index in [1.165, 1.54) is 11.8 Å². The number of methoxy groups -OCH3 is 2. The zero-order valence-electron chi connectivity index (χ0n) is 20.7. The maximum absolute atomic E-state index is 12.3. The van der Waals surface area contributed by atoms with Crippen LogP contribution in [0.5, 0.6) is 11.5 Å². The molecule has 35 heavy (non-hydrogen) atoms. The number of imidazole rings is 1. The van der Waals surface area contributed by atoms with Crippen molar-refractivity contribution in [2.75, 3.05) is 14.2 Å². The van der Waals surface area contributed by atoms with Gasteiger partial charge in [-0.1, -0.05) is 0 Å². The highest BCUT2D eigenvalue weighted by Crippen LogP contribution is 2.37. The molecule has 2 heterocycles. The van der Waals surface area contributed by atoms with Gasteiger partial charge in [-0.2, -0.15) is 0 Å². The average molecular weight is 501 g/mol. The first-order chi connectivity index (χ1) is 16.7. The van der Waals surface area contributed by atoms with Gasteiger partial charge in [-0.05, 0) is 75.9 Å². The van der Waals surface area contributed by atoms with Crippen LogP contribution in [0.3, 0.4) is 0 Å². The van der Waals surface area contributed by atoms with Crippen molar-refractivity contribution in [1.82, 2.24) is 24.8 Å². The summed E-state index contributed by atoms with van der Waals surface area (Å²) in [6.45, 7) is 6.16. The van der Waals surface area contributed by atoms with E-state index in [0.717, 1.165) is 17.7 Å². The van der Waals surface area contributed by atoms with Gasteiger partial charge in [0.1, 0.15) is 22.6 Å². The van der Waals surface area contributed by atoms with Crippen LogP contribution >= 0.6 is 11.8 Å². The second-order valence-corrected chi connectivity index (χ2v) is 10.6. The van der Waals surface area contributed by atoms with Gasteiger partial charge < -0.3 is 29.1 Å². The van der Waals surface area contributed by atoms with E-state index in [9.17, 15) is 4.79 Å². The second-order valence-electron chi connectivity index (χ2n) is 9.52. The molecule has 10 nitrogen and oxygen atoms in total. The molecule has 1 aliphatic carbocycles. The van der Waals surface area contributed by atoms with Crippen LogP contribution in [-0.4, -0.2) is 51.5 Å². The molecule has 0 radical (unpaired) electrons. The first-order valence-electron chi connectivity index (χ1n) is 11.6. The molecule has 1 aliphatic rings. The molecule has 0 bridgehead atoms. The van der Waals surface area contributed by atoms with Crippen molar-refractivity contribution >= 4 is 29.0 Å². The largest absolute Gasteiger partial charge is 0.497 e. The molecule has 3 aromatic rings. The minimum absolute atomic E-state index is 0.0110. The van der Waals surface area contributed by atoms with Gasteiger partial charge >= 0.3 is 6.09 Å². The van der Waals surface area contributed by atoms with E-state index in [-0.39, 0.29) is 11.5 Å². The molecule has 1 saturated carbocycles. The Morgan fingerprint density at radius 3 is 2.74 bits per heavy atom. The Balaban J connectivity index is 1.53. The van der Waals surface area contributed by atoms with Gasteiger partial charge in [0, 0.05) is 12.6 Å². The van der Waals surface area contributed by atoms with E-state index in [1.54, 1.807) is 20.5 Å². The van der Waals surface area contributed by atoms with Crippen LogP contribution in [0.25, 0.3) is 11.2 Å². The van der Waals surface area contributed by atoms with Crippen molar-refractivity contribution in [3.8, 4) is 11.5 Å². The van der Waals surface area contributed by atoms with Gasteiger partial charge in [-0.3, -0.25) is 5.41 Å². The number of aryl methyl sites for hydroxylation is 1. The summed E-state index contributed by atoms with van der Waals surface area (Å²) in [5, 5.41) is 11.9. The summed E-state index contributed by atoms with van der Waals surface area (Å²) in [6.07, 6.45) is 4.13. The van der Waals surface area contributed by atoms with Crippen molar-refractivity contribution in [3.05, 3.63) is 30.0 Å². The Labute approximate surface area is 208 Å². The topological polar surface area (TPSA) is 127 Å². The van der Waals surface area contributed by atoms with E-state index in [0.29, 0.717) is 46.7 Å². The summed E-state index contributed by atoms with van der Waals surface area (Å²) >= 11 is 1.39. The molecule has 3 N–H and O–H groups in total. The van der Waals surface area contributed by atoms with Crippen molar-refractivity contribution in [2.24, 2.45) is 5.92 Å². The number of amides is 1. The summed E-state index contributed by atoms with van der Waals surface area (Å²) in [7, 11) is 3.23. The van der Waals surface area contributed by atoms with Crippen LogP contribution in [0, 0.1) is 11.3 Å². The highest BCUT2D eigenvalue weighted by atomic mass is 32.2. The van der Waals surface area contributed by atoms with Crippen molar-refractivity contribution in [1.29, 1.82) is 5.41 Å². The predicted molar refractivity (Wildman–Crippen MR) is 132 cm³/mol. The quantitative estimate of drug-likeness (QED) is 0.404. The van der Waals surface area contributed by atoms with Crippen LogP contribution in [0.1, 0.15) is 40.0 Å². The number of H-pyrrole nitrogens is 1. The number of rotatable bonds is 9.